The molecule has 2 rings (SSSR count). The van der Waals surface area contributed by atoms with Crippen molar-refractivity contribution in [3.05, 3.63) is 46.5 Å². The molecule has 4 heteroatoms. The van der Waals surface area contributed by atoms with Gasteiger partial charge in [-0.15, -0.1) is 0 Å². The van der Waals surface area contributed by atoms with Gasteiger partial charge in [-0.25, -0.2) is 4.98 Å². The van der Waals surface area contributed by atoms with E-state index >= 15 is 0 Å². The van der Waals surface area contributed by atoms with Gasteiger partial charge in [-0.2, -0.15) is 0 Å². The van der Waals surface area contributed by atoms with Crippen molar-refractivity contribution in [3.63, 3.8) is 0 Å². The van der Waals surface area contributed by atoms with Crippen LogP contribution in [0.4, 0.5) is 0 Å². The lowest BCUT2D eigenvalue weighted by Crippen LogP contribution is -2.07. The zero-order chi connectivity index (χ0) is 12.4. The van der Waals surface area contributed by atoms with Crippen molar-refractivity contribution in [1.29, 1.82) is 0 Å². The van der Waals surface area contributed by atoms with Crippen molar-refractivity contribution < 1.29 is 0 Å². The van der Waals surface area contributed by atoms with E-state index in [0.29, 0.717) is 6.54 Å². The van der Waals surface area contributed by atoms with Gasteiger partial charge in [-0.05, 0) is 38.4 Å². The Labute approximate surface area is 106 Å². The van der Waals surface area contributed by atoms with Gasteiger partial charge in [-0.3, -0.25) is 0 Å². The van der Waals surface area contributed by atoms with Crippen molar-refractivity contribution in [1.82, 2.24) is 9.55 Å². The highest BCUT2D eigenvalue weighted by molar-refractivity contribution is 6.32. The summed E-state index contributed by atoms with van der Waals surface area (Å²) < 4.78 is 2.03. The number of halogens is 1. The Morgan fingerprint density at radius 1 is 1.35 bits per heavy atom. The Hall–Kier alpha value is -1.32. The number of rotatable bonds is 3. The van der Waals surface area contributed by atoms with E-state index in [1.54, 1.807) is 0 Å². The van der Waals surface area contributed by atoms with E-state index in [-0.39, 0.29) is 0 Å². The average molecular weight is 250 g/mol. The van der Waals surface area contributed by atoms with Crippen LogP contribution in [-0.2, 0) is 6.42 Å². The fraction of sp³-hybridized carbons (Fsp3) is 0.308. The summed E-state index contributed by atoms with van der Waals surface area (Å²) in [5.41, 5.74) is 9.91. The molecule has 0 aliphatic rings. The minimum absolute atomic E-state index is 0.611. The number of hydrogen-bond donors (Lipinski definition) is 1. The summed E-state index contributed by atoms with van der Waals surface area (Å²) in [5.74, 6) is 0. The lowest BCUT2D eigenvalue weighted by molar-refractivity contribution is 0.920. The first kappa shape index (κ1) is 12.1. The van der Waals surface area contributed by atoms with Gasteiger partial charge in [0, 0.05) is 5.69 Å². The fourth-order valence-corrected chi connectivity index (χ4v) is 2.20. The van der Waals surface area contributed by atoms with Crippen molar-refractivity contribution >= 4 is 11.6 Å². The summed E-state index contributed by atoms with van der Waals surface area (Å²) in [4.78, 5) is 4.31. The Kier molecular flexibility index (Phi) is 3.50. The van der Waals surface area contributed by atoms with Gasteiger partial charge >= 0.3 is 0 Å². The number of hydrogen-bond acceptors (Lipinski definition) is 2. The average Bonchev–Trinajstić information content (AvgIpc) is 2.61. The fourth-order valence-electron chi connectivity index (χ4n) is 1.91. The normalized spacial score (nSPS) is 10.8. The SMILES string of the molecule is Cc1ncn(-c2c(Cl)cccc2CCN)c1C. The van der Waals surface area contributed by atoms with Gasteiger partial charge in [0.1, 0.15) is 0 Å². The minimum Gasteiger partial charge on any atom is -0.330 e. The third kappa shape index (κ3) is 2.21. The number of benzene rings is 1. The van der Waals surface area contributed by atoms with Crippen LogP contribution in [-0.4, -0.2) is 16.1 Å². The number of aryl methyl sites for hydroxylation is 1. The van der Waals surface area contributed by atoms with Crippen LogP contribution in [0.2, 0.25) is 5.02 Å². The van der Waals surface area contributed by atoms with Crippen LogP contribution in [0, 0.1) is 13.8 Å². The molecular weight excluding hydrogens is 234 g/mol. The summed E-state index contributed by atoms with van der Waals surface area (Å²) in [6.07, 6.45) is 2.62. The van der Waals surface area contributed by atoms with Crippen LogP contribution in [0.5, 0.6) is 0 Å². The van der Waals surface area contributed by atoms with Crippen LogP contribution in [0.3, 0.4) is 0 Å². The largest absolute Gasteiger partial charge is 0.330 e. The van der Waals surface area contributed by atoms with E-state index in [0.717, 1.165) is 34.1 Å². The Balaban J connectivity index is 2.61. The van der Waals surface area contributed by atoms with E-state index < -0.39 is 0 Å². The van der Waals surface area contributed by atoms with Gasteiger partial charge < -0.3 is 10.3 Å². The number of nitrogens with zero attached hydrogens (tertiary/aromatic N) is 2. The molecule has 0 saturated carbocycles. The van der Waals surface area contributed by atoms with Crippen molar-refractivity contribution in [2.24, 2.45) is 5.73 Å². The number of nitrogens with two attached hydrogens (primary N) is 1. The first-order valence-electron chi connectivity index (χ1n) is 5.63. The van der Waals surface area contributed by atoms with Gasteiger partial charge in [0.25, 0.3) is 0 Å². The van der Waals surface area contributed by atoms with Crippen LogP contribution in [0.25, 0.3) is 5.69 Å². The molecule has 0 radical (unpaired) electrons. The lowest BCUT2D eigenvalue weighted by atomic mass is 10.1. The molecule has 0 bridgehead atoms. The van der Waals surface area contributed by atoms with Gasteiger partial charge in [0.2, 0.25) is 0 Å². The first-order chi connectivity index (χ1) is 8.15. The smallest absolute Gasteiger partial charge is 0.0997 e. The standard InChI is InChI=1S/C13H16ClN3/c1-9-10(2)17(8-16-9)13-11(6-7-15)4-3-5-12(13)14/h3-5,8H,6-7,15H2,1-2H3. The zero-order valence-corrected chi connectivity index (χ0v) is 10.8. The molecule has 2 N–H and O–H groups in total. The second-order valence-corrected chi connectivity index (χ2v) is 4.48. The van der Waals surface area contributed by atoms with Crippen LogP contribution in [0.15, 0.2) is 24.5 Å². The topological polar surface area (TPSA) is 43.8 Å². The zero-order valence-electron chi connectivity index (χ0n) is 10.1. The molecule has 0 amide bonds. The third-order valence-corrected chi connectivity index (χ3v) is 3.28. The minimum atomic E-state index is 0.611. The predicted molar refractivity (Wildman–Crippen MR) is 70.8 cm³/mol. The maximum Gasteiger partial charge on any atom is 0.0997 e. The van der Waals surface area contributed by atoms with E-state index in [2.05, 4.69) is 11.1 Å². The monoisotopic (exact) mass is 249 g/mol. The summed E-state index contributed by atoms with van der Waals surface area (Å²) in [7, 11) is 0. The molecule has 0 saturated heterocycles. The molecule has 1 aromatic carbocycles. The third-order valence-electron chi connectivity index (χ3n) is 2.98. The first-order valence-corrected chi connectivity index (χ1v) is 6.01. The Morgan fingerprint density at radius 2 is 2.12 bits per heavy atom. The van der Waals surface area contributed by atoms with Crippen LogP contribution < -0.4 is 5.73 Å². The molecule has 1 aromatic heterocycles. The lowest BCUT2D eigenvalue weighted by Gasteiger charge is -2.13. The maximum atomic E-state index is 6.29. The highest BCUT2D eigenvalue weighted by Gasteiger charge is 2.12. The van der Waals surface area contributed by atoms with Crippen LogP contribution >= 0.6 is 11.6 Å². The van der Waals surface area contributed by atoms with Gasteiger partial charge in [0.15, 0.2) is 0 Å². The molecular formula is C13H16ClN3. The summed E-state index contributed by atoms with van der Waals surface area (Å²) >= 11 is 6.29. The van der Waals surface area contributed by atoms with Gasteiger partial charge in [0.05, 0.1) is 22.7 Å². The Bertz CT molecular complexity index is 531. The molecule has 0 aliphatic carbocycles. The summed E-state index contributed by atoms with van der Waals surface area (Å²) in [6.45, 7) is 4.64. The van der Waals surface area contributed by atoms with E-state index in [1.165, 1.54) is 0 Å². The molecule has 1 heterocycles. The van der Waals surface area contributed by atoms with E-state index in [1.807, 2.05) is 36.9 Å². The van der Waals surface area contributed by atoms with Crippen LogP contribution in [0.1, 0.15) is 17.0 Å². The van der Waals surface area contributed by atoms with Gasteiger partial charge in [-0.1, -0.05) is 23.7 Å². The molecule has 0 atom stereocenters. The molecule has 0 spiro atoms. The summed E-state index contributed by atoms with van der Waals surface area (Å²) in [6, 6.07) is 5.91. The molecule has 0 fully saturated rings. The Morgan fingerprint density at radius 3 is 2.71 bits per heavy atom. The predicted octanol–water partition coefficient (Wildman–Crippen LogP) is 2.64. The quantitative estimate of drug-likeness (QED) is 0.909. The van der Waals surface area contributed by atoms with Crippen molar-refractivity contribution in [3.8, 4) is 5.69 Å². The molecule has 0 unspecified atom stereocenters. The second kappa shape index (κ2) is 4.90. The summed E-state index contributed by atoms with van der Waals surface area (Å²) in [5, 5.41) is 0.733. The molecule has 2 aromatic rings. The highest BCUT2D eigenvalue weighted by atomic mass is 35.5. The van der Waals surface area contributed by atoms with Crippen molar-refractivity contribution in [2.75, 3.05) is 6.54 Å². The molecule has 0 aliphatic heterocycles. The van der Waals surface area contributed by atoms with E-state index in [4.69, 9.17) is 17.3 Å². The maximum absolute atomic E-state index is 6.29. The highest BCUT2D eigenvalue weighted by Crippen LogP contribution is 2.26. The second-order valence-electron chi connectivity index (χ2n) is 4.07. The van der Waals surface area contributed by atoms with Crippen molar-refractivity contribution in [2.45, 2.75) is 20.3 Å². The molecule has 17 heavy (non-hydrogen) atoms. The number of imidazole rings is 1. The number of para-hydroxylation sites is 1. The molecule has 90 valence electrons. The van der Waals surface area contributed by atoms with E-state index in [9.17, 15) is 0 Å². The number of aromatic nitrogens is 2. The molecule has 3 nitrogen and oxygen atoms in total.